The lowest BCUT2D eigenvalue weighted by Gasteiger charge is -2.33. The Morgan fingerprint density at radius 2 is 0.512 bits per heavy atom. The first kappa shape index (κ1) is 53.2. The lowest BCUT2D eigenvalue weighted by atomic mass is 9.76. The van der Waals surface area contributed by atoms with E-state index in [1.807, 2.05) is 184 Å². The Kier molecular flexibility index (Phi) is 12.9. The maximum absolute atomic E-state index is 15.8. The van der Waals surface area contributed by atoms with Crippen LogP contribution in [0.3, 0.4) is 0 Å². The van der Waals surface area contributed by atoms with Gasteiger partial charge in [0.2, 0.25) is 0 Å². The molecule has 4 aliphatic rings. The summed E-state index contributed by atoms with van der Waals surface area (Å²) in [6, 6.07) is 66.8. The standard InChI is InChI=1S/C67H52O10P4.CH4/c1-67(2,47-35-43(39-78(70)61-31-15-7-23-53(61)49-19-3-11-27-57(49)74-78)65(68)44(36-47)40-79(71)62-32-16-8-24-54(62)50-20-4-12-28-58(50)75-79)48-37-45(41-80(72)63-33-17-9-25-55(63)51-21-5-13-29-59(51)76-80)66(69)46(38-48)42-81(73)64-34-18-10-26-56(64)52-22-6-14-30-60(52)77-81;/h3-38,68-69H,39-42H2,1-2H3;1H4. The van der Waals surface area contributed by atoms with Gasteiger partial charge in [-0.3, -0.25) is 18.3 Å². The van der Waals surface area contributed by atoms with Crippen molar-refractivity contribution in [1.29, 1.82) is 0 Å². The largest absolute Gasteiger partial charge is 0.507 e. The fraction of sp³-hybridized carbons (Fsp3) is 0.118. The highest BCUT2D eigenvalue weighted by atomic mass is 31.2. The molecule has 0 bridgehead atoms. The first-order valence-electron chi connectivity index (χ1n) is 26.7. The van der Waals surface area contributed by atoms with E-state index < -0.39 is 34.9 Å². The van der Waals surface area contributed by atoms with Crippen LogP contribution >= 0.6 is 29.5 Å². The minimum atomic E-state index is -3.87. The van der Waals surface area contributed by atoms with E-state index in [2.05, 4.69) is 0 Å². The van der Waals surface area contributed by atoms with E-state index in [0.29, 0.717) is 55.3 Å². The van der Waals surface area contributed by atoms with E-state index >= 15 is 18.3 Å². The van der Waals surface area contributed by atoms with Crippen molar-refractivity contribution in [2.24, 2.45) is 0 Å². The molecule has 10 aromatic rings. The molecule has 0 fully saturated rings. The van der Waals surface area contributed by atoms with Gasteiger partial charge in [-0.25, -0.2) is 0 Å². The Morgan fingerprint density at radius 3 is 0.744 bits per heavy atom. The summed E-state index contributed by atoms with van der Waals surface area (Å²) in [5.74, 6) is 1.40. The molecule has 2 N–H and O–H groups in total. The molecule has 14 heteroatoms. The van der Waals surface area contributed by atoms with Gasteiger partial charge in [0.25, 0.3) is 29.5 Å². The molecule has 14 rings (SSSR count). The van der Waals surface area contributed by atoms with Crippen LogP contribution in [0.2, 0.25) is 0 Å². The molecular weight excluding hydrogens is 1100 g/mol. The number of benzene rings is 10. The number of hydrogen-bond acceptors (Lipinski definition) is 10. The smallest absolute Gasteiger partial charge is 0.282 e. The second-order valence-corrected chi connectivity index (χ2v) is 31.0. The summed E-state index contributed by atoms with van der Waals surface area (Å²) in [5, 5.41) is 27.6. The maximum Gasteiger partial charge on any atom is 0.282 e. The van der Waals surface area contributed by atoms with Crippen LogP contribution in [0.25, 0.3) is 44.5 Å². The molecule has 0 radical (unpaired) electrons. The average molecular weight is 1160 g/mol. The molecule has 10 aromatic carbocycles. The molecule has 82 heavy (non-hydrogen) atoms. The minimum absolute atomic E-state index is 0. The Bertz CT molecular complexity index is 3940. The summed E-state index contributed by atoms with van der Waals surface area (Å²) in [6.07, 6.45) is -0.942. The number of phenols is 2. The fourth-order valence-corrected chi connectivity index (χ4v) is 21.7. The van der Waals surface area contributed by atoms with Crippen LogP contribution in [0.1, 0.15) is 54.7 Å². The van der Waals surface area contributed by atoms with Gasteiger partial charge in [0, 0.05) is 49.9 Å². The summed E-state index contributed by atoms with van der Waals surface area (Å²) in [7, 11) is -15.5. The first-order valence-corrected chi connectivity index (χ1v) is 34.0. The van der Waals surface area contributed by atoms with Crippen LogP contribution in [0.15, 0.2) is 218 Å². The monoisotopic (exact) mass is 1160 g/mol. The summed E-state index contributed by atoms with van der Waals surface area (Å²) in [6.45, 7) is 3.97. The molecule has 4 aliphatic heterocycles. The molecule has 0 aromatic heterocycles. The van der Waals surface area contributed by atoms with Crippen molar-refractivity contribution >= 4 is 50.7 Å². The van der Waals surface area contributed by atoms with Crippen LogP contribution in [0, 0.1) is 0 Å². The summed E-state index contributed by atoms with van der Waals surface area (Å²) in [4.78, 5) is 0. The molecular formula is C68H56O10P4. The Balaban J connectivity index is 0.00000631. The van der Waals surface area contributed by atoms with Gasteiger partial charge in [-0.15, -0.1) is 0 Å². The van der Waals surface area contributed by atoms with Crippen molar-refractivity contribution in [3.63, 3.8) is 0 Å². The average Bonchev–Trinajstić information content (AvgIpc) is 3.48. The second-order valence-electron chi connectivity index (χ2n) is 21.7. The molecule has 4 unspecified atom stereocenters. The van der Waals surface area contributed by atoms with Crippen LogP contribution in [-0.4, -0.2) is 10.2 Å². The van der Waals surface area contributed by atoms with E-state index in [9.17, 15) is 10.2 Å². The molecule has 4 heterocycles. The predicted molar refractivity (Wildman–Crippen MR) is 329 cm³/mol. The Labute approximate surface area is 476 Å². The topological polar surface area (TPSA) is 146 Å². The predicted octanol–water partition coefficient (Wildman–Crippen LogP) is 16.7. The third-order valence-electron chi connectivity index (χ3n) is 16.3. The van der Waals surface area contributed by atoms with Crippen LogP contribution in [-0.2, 0) is 48.3 Å². The Morgan fingerprint density at radius 1 is 0.317 bits per heavy atom. The molecule has 0 amide bonds. The normalized spacial score (nSPS) is 20.3. The maximum atomic E-state index is 15.8. The van der Waals surface area contributed by atoms with Gasteiger partial charge >= 0.3 is 0 Å². The molecule has 0 spiro atoms. The summed E-state index contributed by atoms with van der Waals surface area (Å²) in [5.41, 5.74) is 7.52. The van der Waals surface area contributed by atoms with Gasteiger partial charge in [0.15, 0.2) is 0 Å². The zero-order chi connectivity index (χ0) is 55.5. The first-order chi connectivity index (χ1) is 39.1. The molecule has 10 nitrogen and oxygen atoms in total. The van der Waals surface area contributed by atoms with E-state index in [1.165, 1.54) is 0 Å². The van der Waals surface area contributed by atoms with Gasteiger partial charge in [-0.1, -0.05) is 191 Å². The lowest BCUT2D eigenvalue weighted by Crippen LogP contribution is -2.23. The van der Waals surface area contributed by atoms with Crippen molar-refractivity contribution in [3.8, 4) is 79.0 Å². The van der Waals surface area contributed by atoms with Crippen LogP contribution < -0.4 is 39.3 Å². The summed E-state index contributed by atoms with van der Waals surface area (Å²) >= 11 is 0. The summed E-state index contributed by atoms with van der Waals surface area (Å²) < 4.78 is 89.5. The number of fused-ring (bicyclic) bond motifs is 12. The third-order valence-corrected chi connectivity index (χ3v) is 25.8. The van der Waals surface area contributed by atoms with Gasteiger partial charge in [0.1, 0.15) is 34.5 Å². The number of hydrogen-bond donors (Lipinski definition) is 2. The van der Waals surface area contributed by atoms with E-state index in [-0.39, 0.29) is 65.8 Å². The highest BCUT2D eigenvalue weighted by Crippen LogP contribution is 2.63. The molecule has 4 atom stereocenters. The molecule has 0 aliphatic carbocycles. The van der Waals surface area contributed by atoms with Crippen molar-refractivity contribution in [3.05, 3.63) is 252 Å². The van der Waals surface area contributed by atoms with Crippen LogP contribution in [0.4, 0.5) is 0 Å². The third kappa shape index (κ3) is 8.70. The number of aromatic hydroxyl groups is 2. The van der Waals surface area contributed by atoms with Crippen molar-refractivity contribution < 1.29 is 46.6 Å². The highest BCUT2D eigenvalue weighted by Gasteiger charge is 2.44. The lowest BCUT2D eigenvalue weighted by molar-refractivity contribution is 0.454. The zero-order valence-electron chi connectivity index (χ0n) is 44.1. The van der Waals surface area contributed by atoms with E-state index in [4.69, 9.17) is 18.1 Å². The fourth-order valence-electron chi connectivity index (χ4n) is 12.2. The number of para-hydroxylation sites is 4. The van der Waals surface area contributed by atoms with Crippen molar-refractivity contribution in [1.82, 2.24) is 0 Å². The molecule has 0 saturated carbocycles. The zero-order valence-corrected chi connectivity index (χ0v) is 47.6. The van der Waals surface area contributed by atoms with Gasteiger partial charge < -0.3 is 28.3 Å². The molecule has 408 valence electrons. The van der Waals surface area contributed by atoms with Crippen LogP contribution in [0.5, 0.6) is 34.5 Å². The van der Waals surface area contributed by atoms with Crippen molar-refractivity contribution in [2.45, 2.75) is 51.3 Å². The minimum Gasteiger partial charge on any atom is -0.507 e. The van der Waals surface area contributed by atoms with Gasteiger partial charge in [-0.05, 0) is 81.9 Å². The number of phenolic OH excluding ortho intramolecular Hbond substituents is 2. The Hall–Kier alpha value is -8.08. The van der Waals surface area contributed by atoms with E-state index in [0.717, 1.165) is 44.5 Å². The van der Waals surface area contributed by atoms with Gasteiger partial charge in [0.05, 0.1) is 45.9 Å². The van der Waals surface area contributed by atoms with Gasteiger partial charge in [-0.2, -0.15) is 0 Å². The van der Waals surface area contributed by atoms with Crippen molar-refractivity contribution in [2.75, 3.05) is 0 Å². The van der Waals surface area contributed by atoms with E-state index in [1.54, 1.807) is 48.5 Å². The molecule has 0 saturated heterocycles. The SMILES string of the molecule is C.CC(C)(c1cc(CP2(=O)Oc3ccccc3-c3ccccc32)c(O)c(CP2(=O)Oc3ccccc3-c3ccccc32)c1)c1cc(CP2(=O)Oc3ccccc3-c3ccccc32)c(O)c(CP2(=O)Oc3ccccc3-c3ccccc32)c1. The highest BCUT2D eigenvalue weighted by molar-refractivity contribution is 7.68. The quantitative estimate of drug-likeness (QED) is 0.127. The second kappa shape index (κ2) is 19.8. The number of rotatable bonds is 10.